The molecule has 1 atom stereocenters. The molecule has 2 aromatic heterocycles. The normalized spacial score (nSPS) is 17.6. The van der Waals surface area contributed by atoms with Gasteiger partial charge in [0.2, 0.25) is 11.8 Å². The number of aromatic nitrogens is 3. The Balaban J connectivity index is 1.35. The van der Waals surface area contributed by atoms with Crippen molar-refractivity contribution in [2.45, 2.75) is 45.2 Å². The minimum atomic E-state index is -0.512. The average Bonchev–Trinajstić information content (AvgIpc) is 3.46. The number of pyridine rings is 1. The standard InChI is InChI=1S/C30H39N7O3/c1-6-25(38)32-22-7-8-23-20(15-22)9-12-31-28(23)33-29-24-18-37(30(2,3)27(24)34-35-29)26(39)16-21(17-36(4)5)19-10-13-40-14-11-19/h6-9,12,15,19,21H,1,10-11,13-14,16-18H2,2-5H3,(H,32,38)(H2,31,33,34,35)/t21-/m1/s1. The SMILES string of the molecule is C=CC(=O)Nc1ccc2c(Nc3n[nH]c4c3CN(C(=O)C[C@H](CN(C)C)C3CCOCC3)C4(C)C)nccc2c1. The molecular formula is C30H39N7O3. The highest BCUT2D eigenvalue weighted by atomic mass is 16.5. The van der Waals surface area contributed by atoms with Crippen LogP contribution in [0.2, 0.25) is 0 Å². The number of carbonyl (C=O) groups is 2. The highest BCUT2D eigenvalue weighted by Crippen LogP contribution is 2.42. The predicted octanol–water partition coefficient (Wildman–Crippen LogP) is 4.40. The number of hydrogen-bond donors (Lipinski definition) is 3. The van der Waals surface area contributed by atoms with Gasteiger partial charge in [-0.1, -0.05) is 6.58 Å². The van der Waals surface area contributed by atoms with Crippen molar-refractivity contribution < 1.29 is 14.3 Å². The van der Waals surface area contributed by atoms with Crippen molar-refractivity contribution in [3.8, 4) is 0 Å². The van der Waals surface area contributed by atoms with Gasteiger partial charge in [-0.3, -0.25) is 14.7 Å². The maximum atomic E-state index is 13.8. The summed E-state index contributed by atoms with van der Waals surface area (Å²) in [6.07, 6.45) is 5.49. The van der Waals surface area contributed by atoms with E-state index in [1.54, 1.807) is 6.20 Å². The van der Waals surface area contributed by atoms with Gasteiger partial charge in [0, 0.05) is 49.0 Å². The first-order chi connectivity index (χ1) is 19.2. The lowest BCUT2D eigenvalue weighted by Crippen LogP contribution is -2.43. The van der Waals surface area contributed by atoms with E-state index in [9.17, 15) is 9.59 Å². The van der Waals surface area contributed by atoms with Gasteiger partial charge < -0.3 is 25.2 Å². The van der Waals surface area contributed by atoms with Crippen LogP contribution >= 0.6 is 0 Å². The molecule has 2 amide bonds. The Hall–Kier alpha value is -3.76. The Morgan fingerprint density at radius 2 is 2.02 bits per heavy atom. The number of hydrogen-bond acceptors (Lipinski definition) is 7. The topological polar surface area (TPSA) is 115 Å². The number of anilines is 3. The van der Waals surface area contributed by atoms with Crippen LogP contribution in [0.3, 0.4) is 0 Å². The minimum absolute atomic E-state index is 0.163. The summed E-state index contributed by atoms with van der Waals surface area (Å²) in [4.78, 5) is 34.3. The first-order valence-electron chi connectivity index (χ1n) is 13.9. The number of carbonyl (C=O) groups excluding carboxylic acids is 2. The fraction of sp³-hybridized carbons (Fsp3) is 0.467. The third-order valence-electron chi connectivity index (χ3n) is 8.19. The molecule has 0 bridgehead atoms. The number of rotatable bonds is 9. The maximum Gasteiger partial charge on any atom is 0.247 e. The first kappa shape index (κ1) is 27.8. The van der Waals surface area contributed by atoms with Crippen molar-refractivity contribution >= 4 is 39.9 Å². The van der Waals surface area contributed by atoms with E-state index in [-0.39, 0.29) is 17.7 Å². The largest absolute Gasteiger partial charge is 0.381 e. The van der Waals surface area contributed by atoms with Crippen LogP contribution in [-0.4, -0.2) is 70.6 Å². The lowest BCUT2D eigenvalue weighted by atomic mass is 9.83. The van der Waals surface area contributed by atoms with Gasteiger partial charge in [0.05, 0.1) is 17.8 Å². The summed E-state index contributed by atoms with van der Waals surface area (Å²) in [7, 11) is 4.15. The predicted molar refractivity (Wildman–Crippen MR) is 156 cm³/mol. The molecule has 10 nitrogen and oxygen atoms in total. The molecular weight excluding hydrogens is 506 g/mol. The summed E-state index contributed by atoms with van der Waals surface area (Å²) in [6, 6.07) is 7.53. The molecule has 212 valence electrons. The molecule has 1 aromatic carbocycles. The molecule has 0 saturated carbocycles. The summed E-state index contributed by atoms with van der Waals surface area (Å²) in [5.74, 6) is 2.00. The van der Waals surface area contributed by atoms with Crippen LogP contribution in [0.5, 0.6) is 0 Å². The zero-order valence-corrected chi connectivity index (χ0v) is 23.8. The van der Waals surface area contributed by atoms with Crippen molar-refractivity contribution in [2.24, 2.45) is 11.8 Å². The fourth-order valence-electron chi connectivity index (χ4n) is 6.05. The maximum absolute atomic E-state index is 13.8. The highest BCUT2D eigenvalue weighted by molar-refractivity contribution is 6.02. The van der Waals surface area contributed by atoms with Crippen LogP contribution < -0.4 is 10.6 Å². The number of aromatic amines is 1. The van der Waals surface area contributed by atoms with Crippen LogP contribution in [0.25, 0.3) is 10.8 Å². The van der Waals surface area contributed by atoms with Crippen molar-refractivity contribution in [1.82, 2.24) is 25.0 Å². The van der Waals surface area contributed by atoms with E-state index in [0.717, 1.165) is 54.6 Å². The van der Waals surface area contributed by atoms with E-state index in [4.69, 9.17) is 4.74 Å². The van der Waals surface area contributed by atoms with Crippen LogP contribution in [-0.2, 0) is 26.4 Å². The van der Waals surface area contributed by atoms with Gasteiger partial charge in [-0.2, -0.15) is 5.10 Å². The van der Waals surface area contributed by atoms with E-state index < -0.39 is 5.54 Å². The number of benzene rings is 1. The van der Waals surface area contributed by atoms with Gasteiger partial charge in [0.15, 0.2) is 5.82 Å². The molecule has 2 aliphatic rings. The van der Waals surface area contributed by atoms with E-state index in [1.165, 1.54) is 6.08 Å². The second kappa shape index (κ2) is 11.4. The van der Waals surface area contributed by atoms with Crippen molar-refractivity contribution in [1.29, 1.82) is 0 Å². The zero-order chi connectivity index (χ0) is 28.4. The number of amides is 2. The second-order valence-electron chi connectivity index (χ2n) is 11.6. The molecule has 3 aromatic rings. The van der Waals surface area contributed by atoms with Gasteiger partial charge >= 0.3 is 0 Å². The highest BCUT2D eigenvalue weighted by Gasteiger charge is 2.44. The number of nitrogens with zero attached hydrogens (tertiary/aromatic N) is 4. The van der Waals surface area contributed by atoms with Crippen LogP contribution in [0, 0.1) is 11.8 Å². The third kappa shape index (κ3) is 5.59. The van der Waals surface area contributed by atoms with E-state index in [2.05, 4.69) is 65.2 Å². The Morgan fingerprint density at radius 1 is 1.25 bits per heavy atom. The third-order valence-corrected chi connectivity index (χ3v) is 8.19. The van der Waals surface area contributed by atoms with Crippen molar-refractivity contribution in [3.05, 3.63) is 54.4 Å². The van der Waals surface area contributed by atoms with Crippen LogP contribution in [0.4, 0.5) is 17.3 Å². The molecule has 5 rings (SSSR count). The lowest BCUT2D eigenvalue weighted by Gasteiger charge is -2.36. The molecule has 1 fully saturated rings. The van der Waals surface area contributed by atoms with Crippen molar-refractivity contribution in [2.75, 3.05) is 44.5 Å². The Labute approximate surface area is 235 Å². The number of H-pyrrole nitrogens is 1. The second-order valence-corrected chi connectivity index (χ2v) is 11.6. The Kier molecular flexibility index (Phi) is 7.91. The van der Waals surface area contributed by atoms with E-state index in [0.29, 0.717) is 36.2 Å². The van der Waals surface area contributed by atoms with Gasteiger partial charge in [0.1, 0.15) is 5.82 Å². The number of nitrogens with one attached hydrogen (secondary N) is 3. The molecule has 2 aliphatic heterocycles. The summed E-state index contributed by atoms with van der Waals surface area (Å²) in [5.41, 5.74) is 2.08. The molecule has 0 aliphatic carbocycles. The Bertz CT molecular complexity index is 1410. The minimum Gasteiger partial charge on any atom is -0.381 e. The molecule has 1 saturated heterocycles. The molecule has 4 heterocycles. The van der Waals surface area contributed by atoms with Gasteiger partial charge in [-0.05, 0) is 88.3 Å². The quantitative estimate of drug-likeness (QED) is 0.342. The molecule has 0 spiro atoms. The van der Waals surface area contributed by atoms with E-state index in [1.807, 2.05) is 29.2 Å². The van der Waals surface area contributed by atoms with Gasteiger partial charge in [-0.15, -0.1) is 0 Å². The van der Waals surface area contributed by atoms with Gasteiger partial charge in [0.25, 0.3) is 0 Å². The van der Waals surface area contributed by atoms with E-state index >= 15 is 0 Å². The van der Waals surface area contributed by atoms with Gasteiger partial charge in [-0.25, -0.2) is 4.98 Å². The summed E-state index contributed by atoms with van der Waals surface area (Å²) in [6.45, 7) is 10.6. The fourth-order valence-corrected chi connectivity index (χ4v) is 6.05. The molecule has 10 heteroatoms. The van der Waals surface area contributed by atoms with Crippen LogP contribution in [0.1, 0.15) is 44.4 Å². The summed E-state index contributed by atoms with van der Waals surface area (Å²) < 4.78 is 5.59. The smallest absolute Gasteiger partial charge is 0.247 e. The molecule has 40 heavy (non-hydrogen) atoms. The average molecular weight is 546 g/mol. The van der Waals surface area contributed by atoms with Crippen LogP contribution in [0.15, 0.2) is 43.1 Å². The lowest BCUT2D eigenvalue weighted by molar-refractivity contribution is -0.138. The molecule has 0 radical (unpaired) electrons. The summed E-state index contributed by atoms with van der Waals surface area (Å²) in [5, 5.41) is 15.8. The number of ether oxygens (including phenoxy) is 1. The van der Waals surface area contributed by atoms with Crippen molar-refractivity contribution in [3.63, 3.8) is 0 Å². The number of fused-ring (bicyclic) bond motifs is 2. The first-order valence-corrected chi connectivity index (χ1v) is 13.9. The molecule has 0 unspecified atom stereocenters. The summed E-state index contributed by atoms with van der Waals surface area (Å²) >= 11 is 0. The zero-order valence-electron chi connectivity index (χ0n) is 23.8. The molecule has 3 N–H and O–H groups in total. The Morgan fingerprint density at radius 3 is 2.75 bits per heavy atom. The monoisotopic (exact) mass is 545 g/mol.